The average molecular weight is 321 g/mol. The first-order chi connectivity index (χ1) is 11.6. The lowest BCUT2D eigenvalue weighted by molar-refractivity contribution is -0.132. The number of amides is 2. The Morgan fingerprint density at radius 1 is 1.00 bits per heavy atom. The van der Waals surface area contributed by atoms with Crippen molar-refractivity contribution in [3.05, 3.63) is 66.2 Å². The summed E-state index contributed by atoms with van der Waals surface area (Å²) >= 11 is 0. The first-order valence-corrected chi connectivity index (χ1v) is 7.83. The molecule has 1 N–H and O–H groups in total. The molecule has 2 aromatic rings. The molecule has 0 aliphatic carbocycles. The number of nitrogens with zero attached hydrogens (tertiary/aromatic N) is 2. The molecule has 24 heavy (non-hydrogen) atoms. The molecule has 2 aromatic carbocycles. The fourth-order valence-corrected chi connectivity index (χ4v) is 2.99. The van der Waals surface area contributed by atoms with E-state index in [1.54, 1.807) is 6.92 Å². The van der Waals surface area contributed by atoms with E-state index in [4.69, 9.17) is 0 Å². The van der Waals surface area contributed by atoms with Crippen LogP contribution in [0.4, 0.5) is 5.69 Å². The summed E-state index contributed by atoms with van der Waals surface area (Å²) in [6.45, 7) is 3.25. The summed E-state index contributed by atoms with van der Waals surface area (Å²) < 4.78 is 0. The van der Waals surface area contributed by atoms with E-state index >= 15 is 0 Å². The largest absolute Gasteiger partial charge is 0.325 e. The van der Waals surface area contributed by atoms with Gasteiger partial charge in [-0.1, -0.05) is 48.5 Å². The SMILES string of the molecule is CC(=O)N1N=C(C)C(C(=O)Nc2ccccc2)C1c1ccccc1. The van der Waals surface area contributed by atoms with Crippen molar-refractivity contribution in [3.63, 3.8) is 0 Å². The van der Waals surface area contributed by atoms with Gasteiger partial charge < -0.3 is 5.32 Å². The third kappa shape index (κ3) is 3.06. The smallest absolute Gasteiger partial charge is 0.240 e. The maximum Gasteiger partial charge on any atom is 0.240 e. The van der Waals surface area contributed by atoms with E-state index in [0.717, 1.165) is 11.3 Å². The average Bonchev–Trinajstić information content (AvgIpc) is 2.94. The number of nitrogens with one attached hydrogen (secondary N) is 1. The number of benzene rings is 2. The van der Waals surface area contributed by atoms with Crippen LogP contribution in [0.1, 0.15) is 25.5 Å². The number of para-hydroxylation sites is 1. The van der Waals surface area contributed by atoms with Crippen molar-refractivity contribution in [1.82, 2.24) is 5.01 Å². The van der Waals surface area contributed by atoms with Crippen molar-refractivity contribution in [3.8, 4) is 0 Å². The molecular formula is C19H19N3O2. The van der Waals surface area contributed by atoms with Crippen molar-refractivity contribution in [2.75, 3.05) is 5.32 Å². The molecule has 1 aliphatic rings. The molecular weight excluding hydrogens is 302 g/mol. The first kappa shape index (κ1) is 15.9. The highest BCUT2D eigenvalue weighted by Crippen LogP contribution is 2.36. The molecule has 0 aromatic heterocycles. The Bertz CT molecular complexity index is 772. The Morgan fingerprint density at radius 2 is 1.58 bits per heavy atom. The predicted molar refractivity (Wildman–Crippen MR) is 93.4 cm³/mol. The minimum atomic E-state index is -0.517. The Balaban J connectivity index is 1.93. The lowest BCUT2D eigenvalue weighted by Gasteiger charge is -2.25. The number of carbonyl (C=O) groups excluding carboxylic acids is 2. The van der Waals surface area contributed by atoms with Gasteiger partial charge in [-0.15, -0.1) is 0 Å². The van der Waals surface area contributed by atoms with Crippen LogP contribution in [0, 0.1) is 5.92 Å². The Hall–Kier alpha value is -2.95. The van der Waals surface area contributed by atoms with Gasteiger partial charge in [-0.05, 0) is 24.6 Å². The van der Waals surface area contributed by atoms with Crippen molar-refractivity contribution < 1.29 is 9.59 Å². The van der Waals surface area contributed by atoms with Crippen LogP contribution in [0.25, 0.3) is 0 Å². The molecule has 2 unspecified atom stereocenters. The molecule has 2 amide bonds. The van der Waals surface area contributed by atoms with Crippen molar-refractivity contribution in [1.29, 1.82) is 0 Å². The van der Waals surface area contributed by atoms with Crippen LogP contribution in [0.5, 0.6) is 0 Å². The van der Waals surface area contributed by atoms with E-state index in [9.17, 15) is 9.59 Å². The molecule has 3 rings (SSSR count). The number of rotatable bonds is 3. The summed E-state index contributed by atoms with van der Waals surface area (Å²) in [7, 11) is 0. The molecule has 5 heteroatoms. The molecule has 2 atom stereocenters. The number of hydrogen-bond donors (Lipinski definition) is 1. The molecule has 5 nitrogen and oxygen atoms in total. The summed E-state index contributed by atoms with van der Waals surface area (Å²) in [4.78, 5) is 24.8. The van der Waals surface area contributed by atoms with Crippen LogP contribution < -0.4 is 5.32 Å². The second kappa shape index (κ2) is 6.66. The molecule has 1 aliphatic heterocycles. The van der Waals surface area contributed by atoms with Gasteiger partial charge in [0.2, 0.25) is 11.8 Å². The monoisotopic (exact) mass is 321 g/mol. The quantitative estimate of drug-likeness (QED) is 0.943. The van der Waals surface area contributed by atoms with Gasteiger partial charge in [0.25, 0.3) is 0 Å². The van der Waals surface area contributed by atoms with Crippen molar-refractivity contribution >= 4 is 23.2 Å². The van der Waals surface area contributed by atoms with Crippen LogP contribution in [0.3, 0.4) is 0 Å². The molecule has 1 heterocycles. The van der Waals surface area contributed by atoms with Gasteiger partial charge in [-0.2, -0.15) is 5.10 Å². The Kier molecular flexibility index (Phi) is 4.42. The zero-order valence-corrected chi connectivity index (χ0v) is 13.6. The Morgan fingerprint density at radius 3 is 2.17 bits per heavy atom. The van der Waals surface area contributed by atoms with Gasteiger partial charge in [-0.3, -0.25) is 9.59 Å². The summed E-state index contributed by atoms with van der Waals surface area (Å²) in [5, 5.41) is 8.65. The number of hydrogen-bond acceptors (Lipinski definition) is 3. The van der Waals surface area contributed by atoms with E-state index in [1.165, 1.54) is 11.9 Å². The van der Waals surface area contributed by atoms with E-state index in [1.807, 2.05) is 60.7 Å². The normalized spacial score (nSPS) is 19.8. The molecule has 122 valence electrons. The van der Waals surface area contributed by atoms with Gasteiger partial charge in [0.05, 0.1) is 11.8 Å². The predicted octanol–water partition coefficient (Wildman–Crippen LogP) is 3.22. The fraction of sp³-hybridized carbons (Fsp3) is 0.211. The van der Waals surface area contributed by atoms with Gasteiger partial charge in [0.1, 0.15) is 5.92 Å². The lowest BCUT2D eigenvalue weighted by atomic mass is 9.89. The molecule has 0 saturated carbocycles. The fourth-order valence-electron chi connectivity index (χ4n) is 2.99. The van der Waals surface area contributed by atoms with E-state index in [-0.39, 0.29) is 11.8 Å². The second-order valence-electron chi connectivity index (χ2n) is 5.79. The molecule has 0 bridgehead atoms. The number of hydrazone groups is 1. The Labute approximate surface area is 141 Å². The second-order valence-corrected chi connectivity index (χ2v) is 5.79. The van der Waals surface area contributed by atoms with Crippen molar-refractivity contribution in [2.24, 2.45) is 11.0 Å². The van der Waals surface area contributed by atoms with Crippen LogP contribution in [-0.4, -0.2) is 22.5 Å². The van der Waals surface area contributed by atoms with E-state index in [0.29, 0.717) is 5.71 Å². The number of anilines is 1. The van der Waals surface area contributed by atoms with E-state index < -0.39 is 12.0 Å². The topological polar surface area (TPSA) is 61.8 Å². The van der Waals surface area contributed by atoms with Crippen molar-refractivity contribution in [2.45, 2.75) is 19.9 Å². The summed E-state index contributed by atoms with van der Waals surface area (Å²) in [5.74, 6) is -0.866. The standard InChI is InChI=1S/C19H19N3O2/c1-13-17(19(24)20-16-11-7-4-8-12-16)18(22(21-13)14(2)23)15-9-5-3-6-10-15/h3-12,17-18H,1-2H3,(H,20,24). The summed E-state index contributed by atoms with van der Waals surface area (Å²) in [5.41, 5.74) is 2.25. The molecule has 0 spiro atoms. The zero-order chi connectivity index (χ0) is 17.1. The zero-order valence-electron chi connectivity index (χ0n) is 13.6. The number of carbonyl (C=O) groups is 2. The van der Waals surface area contributed by atoms with Gasteiger partial charge in [-0.25, -0.2) is 5.01 Å². The van der Waals surface area contributed by atoms with Crippen LogP contribution in [0.2, 0.25) is 0 Å². The third-order valence-electron chi connectivity index (χ3n) is 4.08. The maximum absolute atomic E-state index is 12.8. The molecule has 0 fully saturated rings. The van der Waals surface area contributed by atoms with Crippen LogP contribution >= 0.6 is 0 Å². The summed E-state index contributed by atoms with van der Waals surface area (Å²) in [6.07, 6.45) is 0. The highest BCUT2D eigenvalue weighted by atomic mass is 16.2. The maximum atomic E-state index is 12.8. The van der Waals surface area contributed by atoms with Crippen LogP contribution in [-0.2, 0) is 9.59 Å². The highest BCUT2D eigenvalue weighted by Gasteiger charge is 2.42. The lowest BCUT2D eigenvalue weighted by Crippen LogP contribution is -2.35. The van der Waals surface area contributed by atoms with Gasteiger partial charge >= 0.3 is 0 Å². The minimum Gasteiger partial charge on any atom is -0.325 e. The van der Waals surface area contributed by atoms with Gasteiger partial charge in [0, 0.05) is 12.6 Å². The van der Waals surface area contributed by atoms with Crippen LogP contribution in [0.15, 0.2) is 65.8 Å². The molecule has 0 radical (unpaired) electrons. The minimum absolute atomic E-state index is 0.167. The summed E-state index contributed by atoms with van der Waals surface area (Å²) in [6, 6.07) is 18.4. The van der Waals surface area contributed by atoms with E-state index in [2.05, 4.69) is 10.4 Å². The van der Waals surface area contributed by atoms with Gasteiger partial charge in [0.15, 0.2) is 0 Å². The first-order valence-electron chi connectivity index (χ1n) is 7.83. The highest BCUT2D eigenvalue weighted by molar-refractivity contribution is 6.10. The molecule has 0 saturated heterocycles. The third-order valence-corrected chi connectivity index (χ3v) is 4.08.